The maximum Gasteiger partial charge on any atom is 0.234 e. The second kappa shape index (κ2) is 10.2. The Morgan fingerprint density at radius 2 is 1.94 bits per heavy atom. The molecule has 0 spiro atoms. The molecule has 1 N–H and O–H groups in total. The number of nitrogens with one attached hydrogen (secondary N) is 1. The van der Waals surface area contributed by atoms with Crippen LogP contribution in [0.5, 0.6) is 5.75 Å². The third kappa shape index (κ3) is 5.80. The van der Waals surface area contributed by atoms with E-state index in [1.807, 2.05) is 69.5 Å². The van der Waals surface area contributed by atoms with E-state index in [1.165, 1.54) is 11.8 Å². The highest BCUT2D eigenvalue weighted by molar-refractivity contribution is 7.99. The van der Waals surface area contributed by atoms with E-state index in [1.54, 1.807) is 6.07 Å². The number of halogens is 1. The molecule has 1 heterocycles. The number of rotatable bonds is 8. The molecule has 3 rings (SSSR count). The molecular formula is C23H27ClN4O2S. The van der Waals surface area contributed by atoms with Gasteiger partial charge in [-0.15, -0.1) is 10.2 Å². The van der Waals surface area contributed by atoms with Gasteiger partial charge in [0, 0.05) is 17.3 Å². The molecule has 0 bridgehead atoms. The second-order valence-electron chi connectivity index (χ2n) is 7.41. The fourth-order valence-electron chi connectivity index (χ4n) is 3.18. The zero-order valence-corrected chi connectivity index (χ0v) is 20.0. The number of aryl methyl sites for hydroxylation is 3. The molecule has 8 heteroatoms. The van der Waals surface area contributed by atoms with E-state index < -0.39 is 0 Å². The Hall–Kier alpha value is -2.51. The maximum atomic E-state index is 12.5. The number of thioether (sulfide) groups is 1. The number of carbonyl (C=O) groups excluding carboxylic acids is 1. The van der Waals surface area contributed by atoms with Gasteiger partial charge < -0.3 is 14.6 Å². The zero-order valence-electron chi connectivity index (χ0n) is 18.4. The fraction of sp³-hybridized carbons (Fsp3) is 0.348. The smallest absolute Gasteiger partial charge is 0.234 e. The van der Waals surface area contributed by atoms with E-state index in [9.17, 15) is 4.79 Å². The lowest BCUT2D eigenvalue weighted by Crippen LogP contribution is -2.16. The van der Waals surface area contributed by atoms with Gasteiger partial charge >= 0.3 is 0 Å². The summed E-state index contributed by atoms with van der Waals surface area (Å²) in [6.45, 7) is 10.6. The number of amides is 1. The van der Waals surface area contributed by atoms with Crippen LogP contribution in [-0.2, 0) is 11.3 Å². The van der Waals surface area contributed by atoms with Gasteiger partial charge in [-0.2, -0.15) is 0 Å². The Bertz CT molecular complexity index is 1080. The molecule has 6 nitrogen and oxygen atoms in total. The normalized spacial score (nSPS) is 11.9. The number of hydrogen-bond acceptors (Lipinski definition) is 5. The number of carbonyl (C=O) groups is 1. The highest BCUT2D eigenvalue weighted by Crippen LogP contribution is 2.28. The van der Waals surface area contributed by atoms with Crippen LogP contribution in [-0.4, -0.2) is 26.4 Å². The van der Waals surface area contributed by atoms with Crippen molar-refractivity contribution in [1.29, 1.82) is 0 Å². The number of ether oxygens (including phenoxy) is 1. The molecule has 2 aromatic carbocycles. The van der Waals surface area contributed by atoms with Crippen molar-refractivity contribution in [3.05, 3.63) is 63.9 Å². The molecule has 0 saturated heterocycles. The van der Waals surface area contributed by atoms with Gasteiger partial charge in [0.2, 0.25) is 5.91 Å². The van der Waals surface area contributed by atoms with Crippen molar-refractivity contribution in [3.8, 4) is 5.75 Å². The molecule has 0 radical (unpaired) electrons. The summed E-state index contributed by atoms with van der Waals surface area (Å²) in [5.74, 6) is 1.64. The summed E-state index contributed by atoms with van der Waals surface area (Å²) < 4.78 is 8.08. The number of nitrogens with zero attached hydrogens (tertiary/aromatic N) is 3. The fourth-order valence-corrected chi connectivity index (χ4v) is 4.22. The molecule has 0 aliphatic rings. The first-order valence-electron chi connectivity index (χ1n) is 10.1. The zero-order chi connectivity index (χ0) is 22.5. The Balaban J connectivity index is 1.66. The molecular weight excluding hydrogens is 432 g/mol. The first-order valence-corrected chi connectivity index (χ1v) is 11.5. The third-order valence-corrected chi connectivity index (χ3v) is 6.07. The molecule has 1 atom stereocenters. The van der Waals surface area contributed by atoms with Crippen LogP contribution in [0.3, 0.4) is 0 Å². The van der Waals surface area contributed by atoms with E-state index in [0.29, 0.717) is 22.5 Å². The minimum Gasteiger partial charge on any atom is -0.482 e. The SMILES string of the molecule is CCn1c(SCC(=O)Nc2cc(C)ccc2C)nnc1C(C)Oc1ccc(Cl)cc1C. The van der Waals surface area contributed by atoms with E-state index in [2.05, 4.69) is 15.5 Å². The van der Waals surface area contributed by atoms with E-state index in [0.717, 1.165) is 28.1 Å². The summed E-state index contributed by atoms with van der Waals surface area (Å²) in [5.41, 5.74) is 3.93. The first kappa shape index (κ1) is 23.2. The van der Waals surface area contributed by atoms with E-state index >= 15 is 0 Å². The van der Waals surface area contributed by atoms with Crippen LogP contribution >= 0.6 is 23.4 Å². The van der Waals surface area contributed by atoms with Crippen LogP contribution in [0.25, 0.3) is 0 Å². The number of anilines is 1. The summed E-state index contributed by atoms with van der Waals surface area (Å²) in [6.07, 6.45) is -0.301. The minimum atomic E-state index is -0.301. The van der Waals surface area contributed by atoms with Gasteiger partial charge in [0.1, 0.15) is 5.75 Å². The Kier molecular flexibility index (Phi) is 7.62. The van der Waals surface area contributed by atoms with Gasteiger partial charge in [0.05, 0.1) is 5.75 Å². The van der Waals surface area contributed by atoms with Crippen LogP contribution in [0.4, 0.5) is 5.69 Å². The molecule has 3 aromatic rings. The summed E-state index contributed by atoms with van der Waals surface area (Å²) in [7, 11) is 0. The van der Waals surface area contributed by atoms with Crippen molar-refractivity contribution >= 4 is 35.0 Å². The molecule has 1 amide bonds. The Morgan fingerprint density at radius 3 is 2.65 bits per heavy atom. The van der Waals surface area contributed by atoms with Crippen molar-refractivity contribution in [2.45, 2.75) is 52.4 Å². The summed E-state index contributed by atoms with van der Waals surface area (Å²) in [5, 5.41) is 13.0. The monoisotopic (exact) mass is 458 g/mol. The predicted octanol–water partition coefficient (Wildman–Crippen LogP) is 5.75. The van der Waals surface area contributed by atoms with E-state index in [4.69, 9.17) is 16.3 Å². The average Bonchev–Trinajstić information content (AvgIpc) is 3.14. The minimum absolute atomic E-state index is 0.0769. The summed E-state index contributed by atoms with van der Waals surface area (Å²) in [4.78, 5) is 12.5. The van der Waals surface area contributed by atoms with Gasteiger partial charge in [0.25, 0.3) is 0 Å². The van der Waals surface area contributed by atoms with Crippen LogP contribution in [0, 0.1) is 20.8 Å². The van der Waals surface area contributed by atoms with Gasteiger partial charge in [0.15, 0.2) is 17.1 Å². The van der Waals surface area contributed by atoms with Crippen molar-refractivity contribution in [2.24, 2.45) is 0 Å². The lowest BCUT2D eigenvalue weighted by atomic mass is 10.1. The molecule has 0 saturated carbocycles. The highest BCUT2D eigenvalue weighted by Gasteiger charge is 2.20. The predicted molar refractivity (Wildman–Crippen MR) is 126 cm³/mol. The second-order valence-corrected chi connectivity index (χ2v) is 8.79. The summed E-state index contributed by atoms with van der Waals surface area (Å²) in [6, 6.07) is 11.5. The van der Waals surface area contributed by atoms with Crippen LogP contribution < -0.4 is 10.1 Å². The molecule has 31 heavy (non-hydrogen) atoms. The van der Waals surface area contributed by atoms with Gasteiger partial charge in [-0.3, -0.25) is 4.79 Å². The molecule has 1 aromatic heterocycles. The number of benzene rings is 2. The lowest BCUT2D eigenvalue weighted by molar-refractivity contribution is -0.113. The van der Waals surface area contributed by atoms with Crippen molar-refractivity contribution < 1.29 is 9.53 Å². The maximum absolute atomic E-state index is 12.5. The van der Waals surface area contributed by atoms with Crippen LogP contribution in [0.15, 0.2) is 41.6 Å². The third-order valence-electron chi connectivity index (χ3n) is 4.87. The molecule has 0 aliphatic carbocycles. The molecule has 164 valence electrons. The van der Waals surface area contributed by atoms with Crippen molar-refractivity contribution in [2.75, 3.05) is 11.1 Å². The number of aromatic nitrogens is 3. The topological polar surface area (TPSA) is 69.0 Å². The first-order chi connectivity index (χ1) is 14.8. The van der Waals surface area contributed by atoms with Crippen molar-refractivity contribution in [1.82, 2.24) is 14.8 Å². The average molecular weight is 459 g/mol. The van der Waals surface area contributed by atoms with Gasteiger partial charge in [-0.05, 0) is 75.6 Å². The van der Waals surface area contributed by atoms with Crippen molar-refractivity contribution in [3.63, 3.8) is 0 Å². The quantitative estimate of drug-likeness (QED) is 0.435. The molecule has 0 aliphatic heterocycles. The Labute approximate surface area is 192 Å². The standard InChI is InChI=1S/C23H27ClN4O2S/c1-6-28-22(17(5)30-20-10-9-18(24)12-16(20)4)26-27-23(28)31-13-21(29)25-19-11-14(2)7-8-15(19)3/h7-12,17H,6,13H2,1-5H3,(H,25,29). The van der Waals surface area contributed by atoms with E-state index in [-0.39, 0.29) is 17.8 Å². The number of hydrogen-bond donors (Lipinski definition) is 1. The lowest BCUT2D eigenvalue weighted by Gasteiger charge is -2.17. The molecule has 1 unspecified atom stereocenters. The summed E-state index contributed by atoms with van der Waals surface area (Å²) >= 11 is 7.39. The van der Waals surface area contributed by atoms with Crippen LogP contribution in [0.1, 0.15) is 42.5 Å². The van der Waals surface area contributed by atoms with Crippen LogP contribution in [0.2, 0.25) is 5.02 Å². The Morgan fingerprint density at radius 1 is 1.16 bits per heavy atom. The molecule has 0 fully saturated rings. The highest BCUT2D eigenvalue weighted by atomic mass is 35.5. The van der Waals surface area contributed by atoms with Gasteiger partial charge in [-0.25, -0.2) is 0 Å². The van der Waals surface area contributed by atoms with Gasteiger partial charge in [-0.1, -0.05) is 35.5 Å². The largest absolute Gasteiger partial charge is 0.482 e.